The zero-order chi connectivity index (χ0) is 11.5. The lowest BCUT2D eigenvalue weighted by atomic mass is 10.1. The number of benzene rings is 1. The van der Waals surface area contributed by atoms with E-state index in [1.54, 1.807) is 30.1 Å². The highest BCUT2D eigenvalue weighted by molar-refractivity contribution is 9.10. The Morgan fingerprint density at radius 2 is 2.06 bits per heavy atom. The minimum absolute atomic E-state index is 0.0491. The molecule has 0 unspecified atom stereocenters. The van der Waals surface area contributed by atoms with Gasteiger partial charge in [0.05, 0.1) is 12.1 Å². The van der Waals surface area contributed by atoms with Crippen LogP contribution in [0.5, 0.6) is 0 Å². The van der Waals surface area contributed by atoms with E-state index in [1.165, 1.54) is 0 Å². The van der Waals surface area contributed by atoms with E-state index in [1.807, 2.05) is 12.1 Å². The van der Waals surface area contributed by atoms with Gasteiger partial charge in [-0.3, -0.25) is 9.48 Å². The van der Waals surface area contributed by atoms with E-state index in [-0.39, 0.29) is 12.2 Å². The van der Waals surface area contributed by atoms with Crippen LogP contribution in [0.4, 0.5) is 0 Å². The van der Waals surface area contributed by atoms with Crippen molar-refractivity contribution in [3.05, 3.63) is 46.2 Å². The molecule has 0 saturated carbocycles. The lowest BCUT2D eigenvalue weighted by molar-refractivity contribution is 0.0992. The predicted molar refractivity (Wildman–Crippen MR) is 63.2 cm³/mol. The van der Waals surface area contributed by atoms with E-state index in [0.29, 0.717) is 11.3 Å². The van der Waals surface area contributed by atoms with Crippen LogP contribution in [-0.4, -0.2) is 20.8 Å². The lowest BCUT2D eigenvalue weighted by Gasteiger charge is -1.98. The number of halogens is 1. The summed E-state index contributed by atoms with van der Waals surface area (Å²) in [4.78, 5) is 11.8. The van der Waals surface area contributed by atoms with Crippen molar-refractivity contribution in [3.63, 3.8) is 0 Å². The Hall–Kier alpha value is -1.49. The second-order valence-electron chi connectivity index (χ2n) is 3.49. The number of nitrogens with zero attached hydrogens (tertiary/aromatic N) is 3. The Morgan fingerprint density at radius 1 is 1.38 bits per heavy atom. The molecule has 0 aliphatic carbocycles. The first-order valence-corrected chi connectivity index (χ1v) is 5.58. The van der Waals surface area contributed by atoms with Gasteiger partial charge in [-0.25, -0.2) is 0 Å². The number of aryl methyl sites for hydroxylation is 1. The molecule has 0 aliphatic heterocycles. The number of ketones is 1. The Balaban J connectivity index is 2.11. The first-order chi connectivity index (χ1) is 7.65. The van der Waals surface area contributed by atoms with Crippen molar-refractivity contribution >= 4 is 21.7 Å². The van der Waals surface area contributed by atoms with Crippen LogP contribution in [0.15, 0.2) is 34.9 Å². The molecule has 0 atom stereocenters. The molecular weight excluding hydrogens is 270 g/mol. The van der Waals surface area contributed by atoms with Gasteiger partial charge >= 0.3 is 0 Å². The van der Waals surface area contributed by atoms with Crippen LogP contribution < -0.4 is 0 Å². The summed E-state index contributed by atoms with van der Waals surface area (Å²) in [6.07, 6.45) is 2.03. The summed E-state index contributed by atoms with van der Waals surface area (Å²) in [7, 11) is 1.78. The van der Waals surface area contributed by atoms with Crippen LogP contribution in [0.25, 0.3) is 0 Å². The minimum Gasteiger partial charge on any atom is -0.294 e. The quantitative estimate of drug-likeness (QED) is 0.808. The highest BCUT2D eigenvalue weighted by atomic mass is 79.9. The number of aromatic nitrogens is 3. The second-order valence-corrected chi connectivity index (χ2v) is 4.41. The van der Waals surface area contributed by atoms with Crippen molar-refractivity contribution in [2.24, 2.45) is 7.05 Å². The van der Waals surface area contributed by atoms with E-state index in [4.69, 9.17) is 0 Å². The molecule has 2 rings (SSSR count). The first-order valence-electron chi connectivity index (χ1n) is 4.79. The highest BCUT2D eigenvalue weighted by Crippen LogP contribution is 2.12. The molecule has 82 valence electrons. The molecular formula is C11H10BrN3O. The number of carbonyl (C=O) groups excluding carboxylic acids is 1. The normalized spacial score (nSPS) is 10.4. The zero-order valence-electron chi connectivity index (χ0n) is 8.72. The molecule has 0 radical (unpaired) electrons. The number of Topliss-reactive ketones (excluding diaryl/α,β-unsaturated/α-hetero) is 1. The number of hydrogen-bond donors (Lipinski definition) is 0. The molecule has 1 aromatic carbocycles. The van der Waals surface area contributed by atoms with Gasteiger partial charge in [-0.05, 0) is 12.1 Å². The molecule has 0 amide bonds. The molecule has 16 heavy (non-hydrogen) atoms. The fourth-order valence-electron chi connectivity index (χ4n) is 1.38. The summed E-state index contributed by atoms with van der Waals surface area (Å²) in [5.41, 5.74) is 1.38. The molecule has 1 heterocycles. The third kappa shape index (κ3) is 2.55. The van der Waals surface area contributed by atoms with E-state index >= 15 is 0 Å². The molecule has 0 N–H and O–H groups in total. The van der Waals surface area contributed by atoms with Crippen molar-refractivity contribution in [1.82, 2.24) is 15.0 Å². The van der Waals surface area contributed by atoms with E-state index < -0.39 is 0 Å². The standard InChI is InChI=1S/C11H10BrN3O/c1-15-7-10(13-14-15)6-11(16)8-2-4-9(12)5-3-8/h2-5,7H,6H2,1H3. The van der Waals surface area contributed by atoms with Crippen LogP contribution in [0.1, 0.15) is 16.1 Å². The fraction of sp³-hybridized carbons (Fsp3) is 0.182. The number of carbonyl (C=O) groups is 1. The van der Waals surface area contributed by atoms with Crippen LogP contribution in [-0.2, 0) is 13.5 Å². The maximum absolute atomic E-state index is 11.8. The van der Waals surface area contributed by atoms with Crippen molar-refractivity contribution in [1.29, 1.82) is 0 Å². The Morgan fingerprint density at radius 3 is 2.62 bits per heavy atom. The van der Waals surface area contributed by atoms with Gasteiger partial charge in [0.2, 0.25) is 0 Å². The van der Waals surface area contributed by atoms with Crippen LogP contribution in [0.2, 0.25) is 0 Å². The molecule has 1 aromatic heterocycles. The SMILES string of the molecule is Cn1cc(CC(=O)c2ccc(Br)cc2)nn1. The van der Waals surface area contributed by atoms with E-state index in [9.17, 15) is 4.79 Å². The number of hydrogen-bond acceptors (Lipinski definition) is 3. The first kappa shape index (κ1) is 11.0. The summed E-state index contributed by atoms with van der Waals surface area (Å²) in [6, 6.07) is 7.29. The number of rotatable bonds is 3. The summed E-state index contributed by atoms with van der Waals surface area (Å²) in [5.74, 6) is 0.0491. The fourth-order valence-corrected chi connectivity index (χ4v) is 1.64. The summed E-state index contributed by atoms with van der Waals surface area (Å²) in [5, 5.41) is 7.67. The second kappa shape index (κ2) is 4.57. The van der Waals surface area contributed by atoms with Gasteiger partial charge < -0.3 is 0 Å². The summed E-state index contributed by atoms with van der Waals surface area (Å²) < 4.78 is 2.55. The van der Waals surface area contributed by atoms with Crippen molar-refractivity contribution in [2.45, 2.75) is 6.42 Å². The molecule has 0 fully saturated rings. The average molecular weight is 280 g/mol. The molecule has 0 aliphatic rings. The maximum Gasteiger partial charge on any atom is 0.168 e. The largest absolute Gasteiger partial charge is 0.294 e. The third-order valence-corrected chi connectivity index (χ3v) is 2.69. The predicted octanol–water partition coefficient (Wildman–Crippen LogP) is 2.00. The zero-order valence-corrected chi connectivity index (χ0v) is 10.3. The molecule has 0 bridgehead atoms. The summed E-state index contributed by atoms with van der Waals surface area (Å²) >= 11 is 3.33. The molecule has 2 aromatic rings. The Labute approximate surface area is 101 Å². The molecule has 0 spiro atoms. The van der Waals surface area contributed by atoms with Crippen molar-refractivity contribution in [2.75, 3.05) is 0 Å². The van der Waals surface area contributed by atoms with Gasteiger partial charge in [-0.2, -0.15) is 0 Å². The highest BCUT2D eigenvalue weighted by Gasteiger charge is 2.09. The van der Waals surface area contributed by atoms with Crippen LogP contribution >= 0.6 is 15.9 Å². The maximum atomic E-state index is 11.8. The Kier molecular flexibility index (Phi) is 3.14. The monoisotopic (exact) mass is 279 g/mol. The van der Waals surface area contributed by atoms with E-state index in [2.05, 4.69) is 26.2 Å². The third-order valence-electron chi connectivity index (χ3n) is 2.16. The van der Waals surface area contributed by atoms with Gasteiger partial charge in [0.1, 0.15) is 0 Å². The van der Waals surface area contributed by atoms with Gasteiger partial charge in [0.15, 0.2) is 5.78 Å². The van der Waals surface area contributed by atoms with Crippen molar-refractivity contribution in [3.8, 4) is 0 Å². The van der Waals surface area contributed by atoms with Gasteiger partial charge in [0, 0.05) is 23.3 Å². The van der Waals surface area contributed by atoms with E-state index in [0.717, 1.165) is 4.47 Å². The van der Waals surface area contributed by atoms with Gasteiger partial charge in [-0.15, -0.1) is 5.10 Å². The summed E-state index contributed by atoms with van der Waals surface area (Å²) in [6.45, 7) is 0. The lowest BCUT2D eigenvalue weighted by Crippen LogP contribution is -2.03. The smallest absolute Gasteiger partial charge is 0.168 e. The van der Waals surface area contributed by atoms with Gasteiger partial charge in [0.25, 0.3) is 0 Å². The molecule has 4 nitrogen and oxygen atoms in total. The average Bonchev–Trinajstić information content (AvgIpc) is 2.65. The molecule has 5 heteroatoms. The minimum atomic E-state index is 0.0491. The van der Waals surface area contributed by atoms with Crippen molar-refractivity contribution < 1.29 is 4.79 Å². The van der Waals surface area contributed by atoms with Crippen LogP contribution in [0.3, 0.4) is 0 Å². The van der Waals surface area contributed by atoms with Crippen LogP contribution in [0, 0.1) is 0 Å². The van der Waals surface area contributed by atoms with Gasteiger partial charge in [-0.1, -0.05) is 33.3 Å². The molecule has 0 saturated heterocycles. The topological polar surface area (TPSA) is 47.8 Å². The Bertz CT molecular complexity index is 504.